The Morgan fingerprint density at radius 3 is 2.64 bits per heavy atom. The molecule has 8 heteroatoms. The molecule has 3 rings (SSSR count). The Morgan fingerprint density at radius 1 is 1.28 bits per heavy atom. The summed E-state index contributed by atoms with van der Waals surface area (Å²) in [7, 11) is 0. The molecule has 2 aliphatic rings. The topological polar surface area (TPSA) is 62.9 Å². The number of hydrogen-bond acceptors (Lipinski definition) is 3. The minimum absolute atomic E-state index is 0. The number of nitrogens with zero attached hydrogens (tertiary/aromatic N) is 2. The van der Waals surface area contributed by atoms with E-state index in [0.717, 1.165) is 39.3 Å². The van der Waals surface area contributed by atoms with Crippen molar-refractivity contribution in [2.75, 3.05) is 39.4 Å². The Hall–Kier alpha value is -1.00. The number of morpholine rings is 1. The first kappa shape index (κ1) is 20.3. The summed E-state index contributed by atoms with van der Waals surface area (Å²) in [5, 5.41) is 3.06. The molecule has 1 aromatic rings. The van der Waals surface area contributed by atoms with E-state index in [0.29, 0.717) is 18.9 Å². The number of rotatable bonds is 6. The number of halogens is 3. The van der Waals surface area contributed by atoms with Gasteiger partial charge in [0.05, 0.1) is 13.2 Å². The highest BCUT2D eigenvalue weighted by molar-refractivity contribution is 14.0. The van der Waals surface area contributed by atoms with E-state index in [1.54, 1.807) is 0 Å². The van der Waals surface area contributed by atoms with Crippen LogP contribution < -0.4 is 11.1 Å². The van der Waals surface area contributed by atoms with Gasteiger partial charge in [-0.2, -0.15) is 0 Å². The second kappa shape index (κ2) is 9.63. The maximum absolute atomic E-state index is 13.7. The molecule has 1 aliphatic carbocycles. The van der Waals surface area contributed by atoms with Crippen LogP contribution in [0, 0.1) is 11.6 Å². The lowest BCUT2D eigenvalue weighted by Crippen LogP contribution is -2.37. The van der Waals surface area contributed by atoms with Crippen LogP contribution in [0.5, 0.6) is 0 Å². The van der Waals surface area contributed by atoms with Gasteiger partial charge in [0.2, 0.25) is 0 Å². The van der Waals surface area contributed by atoms with Crippen LogP contribution >= 0.6 is 24.0 Å². The molecule has 1 saturated heterocycles. The smallest absolute Gasteiger partial charge is 0.188 e. The first-order valence-electron chi connectivity index (χ1n) is 8.45. The number of aliphatic imine (C=N–C) groups is 1. The lowest BCUT2D eigenvalue weighted by molar-refractivity contribution is 0.0377. The third-order valence-electron chi connectivity index (χ3n) is 4.51. The molecule has 3 N–H and O–H groups in total. The maximum atomic E-state index is 13.7. The normalized spacial score (nSPS) is 23.8. The van der Waals surface area contributed by atoms with Crippen molar-refractivity contribution in [3.8, 4) is 0 Å². The van der Waals surface area contributed by atoms with Gasteiger partial charge in [-0.25, -0.2) is 8.78 Å². The molecule has 1 aromatic carbocycles. The Balaban J connectivity index is 0.00000225. The first-order chi connectivity index (χ1) is 11.6. The number of guanidine groups is 1. The van der Waals surface area contributed by atoms with Crippen LogP contribution in [0.4, 0.5) is 8.78 Å². The van der Waals surface area contributed by atoms with E-state index in [-0.39, 0.29) is 41.5 Å². The van der Waals surface area contributed by atoms with Gasteiger partial charge in [0.25, 0.3) is 0 Å². The molecule has 25 heavy (non-hydrogen) atoms. The molecule has 2 fully saturated rings. The molecule has 2 atom stereocenters. The quantitative estimate of drug-likeness (QED) is 0.292. The summed E-state index contributed by atoms with van der Waals surface area (Å²) in [5.41, 5.74) is 6.02. The van der Waals surface area contributed by atoms with Gasteiger partial charge in [-0.05, 0) is 25.0 Å². The van der Waals surface area contributed by atoms with E-state index in [1.165, 1.54) is 18.2 Å². The largest absolute Gasteiger partial charge is 0.379 e. The molecule has 0 amide bonds. The highest BCUT2D eigenvalue weighted by Crippen LogP contribution is 2.42. The summed E-state index contributed by atoms with van der Waals surface area (Å²) in [4.78, 5) is 6.65. The van der Waals surface area contributed by atoms with E-state index in [4.69, 9.17) is 10.5 Å². The zero-order chi connectivity index (χ0) is 16.9. The van der Waals surface area contributed by atoms with Crippen molar-refractivity contribution in [2.24, 2.45) is 10.7 Å². The number of nitrogens with two attached hydrogens (primary N) is 1. The Kier molecular flexibility index (Phi) is 7.82. The molecular formula is C17H25F2IN4O. The molecule has 1 aliphatic heterocycles. The summed E-state index contributed by atoms with van der Waals surface area (Å²) in [6.45, 7) is 5.14. The first-order valence-corrected chi connectivity index (χ1v) is 8.45. The minimum Gasteiger partial charge on any atom is -0.379 e. The second-order valence-corrected chi connectivity index (χ2v) is 6.30. The van der Waals surface area contributed by atoms with Crippen LogP contribution in [0.15, 0.2) is 23.2 Å². The van der Waals surface area contributed by atoms with Gasteiger partial charge in [0.1, 0.15) is 11.6 Å². The summed E-state index contributed by atoms with van der Waals surface area (Å²) in [6.07, 6.45) is 1.60. The molecule has 1 heterocycles. The summed E-state index contributed by atoms with van der Waals surface area (Å²) in [6, 6.07) is 3.91. The fraction of sp³-hybridized carbons (Fsp3) is 0.588. The SMILES string of the molecule is I.NC(=NCCCN1CCOCC1)NC1CC1c1c(F)cccc1F. The molecule has 1 saturated carbocycles. The van der Waals surface area contributed by atoms with E-state index < -0.39 is 11.6 Å². The standard InChI is InChI=1S/C17H24F2N4O.HI/c18-13-3-1-4-14(19)16(13)12-11-15(12)22-17(20)21-5-2-6-23-7-9-24-10-8-23;/h1,3-4,12,15H,2,5-11H2,(H3,20,21,22);1H. The van der Waals surface area contributed by atoms with Gasteiger partial charge >= 0.3 is 0 Å². The van der Waals surface area contributed by atoms with Crippen molar-refractivity contribution in [1.29, 1.82) is 0 Å². The minimum atomic E-state index is -0.495. The number of benzene rings is 1. The number of hydrogen-bond donors (Lipinski definition) is 2. The average molecular weight is 466 g/mol. The highest BCUT2D eigenvalue weighted by atomic mass is 127. The lowest BCUT2D eigenvalue weighted by Gasteiger charge is -2.26. The molecular weight excluding hydrogens is 441 g/mol. The van der Waals surface area contributed by atoms with Crippen molar-refractivity contribution in [3.05, 3.63) is 35.4 Å². The van der Waals surface area contributed by atoms with E-state index in [1.807, 2.05) is 0 Å². The van der Waals surface area contributed by atoms with E-state index in [2.05, 4.69) is 15.2 Å². The fourth-order valence-electron chi connectivity index (χ4n) is 3.09. The van der Waals surface area contributed by atoms with Crippen LogP contribution in [0.1, 0.15) is 24.3 Å². The summed E-state index contributed by atoms with van der Waals surface area (Å²) < 4.78 is 32.8. The van der Waals surface area contributed by atoms with Crippen LogP contribution in [0.25, 0.3) is 0 Å². The van der Waals surface area contributed by atoms with Crippen molar-refractivity contribution in [3.63, 3.8) is 0 Å². The fourth-order valence-corrected chi connectivity index (χ4v) is 3.09. The zero-order valence-electron chi connectivity index (χ0n) is 14.1. The zero-order valence-corrected chi connectivity index (χ0v) is 16.4. The number of nitrogens with one attached hydrogen (secondary N) is 1. The Bertz CT molecular complexity index is 576. The molecule has 0 radical (unpaired) electrons. The van der Waals surface area contributed by atoms with E-state index in [9.17, 15) is 8.78 Å². The van der Waals surface area contributed by atoms with Gasteiger partial charge in [0.15, 0.2) is 5.96 Å². The van der Waals surface area contributed by atoms with E-state index >= 15 is 0 Å². The molecule has 2 unspecified atom stereocenters. The van der Waals surface area contributed by atoms with Crippen LogP contribution in [0.2, 0.25) is 0 Å². The Labute approximate surface area is 164 Å². The third kappa shape index (κ3) is 5.75. The van der Waals surface area contributed by atoms with Crippen LogP contribution in [-0.2, 0) is 4.74 Å². The average Bonchev–Trinajstić information content (AvgIpc) is 3.31. The summed E-state index contributed by atoms with van der Waals surface area (Å²) in [5.74, 6) is -0.815. The monoisotopic (exact) mass is 466 g/mol. The molecule has 5 nitrogen and oxygen atoms in total. The third-order valence-corrected chi connectivity index (χ3v) is 4.51. The molecule has 0 spiro atoms. The van der Waals surface area contributed by atoms with Crippen LogP contribution in [0.3, 0.4) is 0 Å². The predicted molar refractivity (Wildman–Crippen MR) is 104 cm³/mol. The second-order valence-electron chi connectivity index (χ2n) is 6.30. The van der Waals surface area contributed by atoms with Gasteiger partial charge < -0.3 is 15.8 Å². The lowest BCUT2D eigenvalue weighted by atomic mass is 10.1. The van der Waals surface area contributed by atoms with Gasteiger partial charge in [-0.3, -0.25) is 9.89 Å². The van der Waals surface area contributed by atoms with Crippen molar-refractivity contribution in [1.82, 2.24) is 10.2 Å². The molecule has 0 aromatic heterocycles. The maximum Gasteiger partial charge on any atom is 0.188 e. The van der Waals surface area contributed by atoms with Crippen molar-refractivity contribution in [2.45, 2.75) is 24.8 Å². The van der Waals surface area contributed by atoms with Gasteiger partial charge in [-0.1, -0.05) is 6.07 Å². The van der Waals surface area contributed by atoms with Gasteiger partial charge in [0, 0.05) is 43.7 Å². The van der Waals surface area contributed by atoms with Crippen molar-refractivity contribution < 1.29 is 13.5 Å². The number of ether oxygens (including phenoxy) is 1. The van der Waals surface area contributed by atoms with Gasteiger partial charge in [-0.15, -0.1) is 24.0 Å². The molecule has 140 valence electrons. The van der Waals surface area contributed by atoms with Crippen molar-refractivity contribution >= 4 is 29.9 Å². The van der Waals surface area contributed by atoms with Crippen LogP contribution in [-0.4, -0.2) is 56.3 Å². The predicted octanol–water partition coefficient (Wildman–Crippen LogP) is 2.07. The molecule has 0 bridgehead atoms. The summed E-state index contributed by atoms with van der Waals surface area (Å²) >= 11 is 0. The highest BCUT2D eigenvalue weighted by Gasteiger charge is 2.42. The Morgan fingerprint density at radius 2 is 1.96 bits per heavy atom.